The van der Waals surface area contributed by atoms with Crippen LogP contribution in [0, 0.1) is 5.92 Å². The van der Waals surface area contributed by atoms with E-state index in [2.05, 4.69) is 0 Å². The van der Waals surface area contributed by atoms with Gasteiger partial charge >= 0.3 is 5.97 Å². The van der Waals surface area contributed by atoms with Gasteiger partial charge in [-0.05, 0) is 13.3 Å². The second kappa shape index (κ2) is 3.77. The molecular formula is C9H15NO3. The number of likely N-dealkylation sites (tertiary alicyclic amines) is 1. The van der Waals surface area contributed by atoms with Gasteiger partial charge in [0.1, 0.15) is 0 Å². The van der Waals surface area contributed by atoms with Crippen LogP contribution >= 0.6 is 0 Å². The fraction of sp³-hybridized carbons (Fsp3) is 0.778. The van der Waals surface area contributed by atoms with Gasteiger partial charge < -0.3 is 10.0 Å². The van der Waals surface area contributed by atoms with Crippen molar-refractivity contribution in [2.75, 3.05) is 6.54 Å². The molecule has 1 aliphatic rings. The zero-order valence-corrected chi connectivity index (χ0v) is 7.99. The van der Waals surface area contributed by atoms with E-state index in [0.29, 0.717) is 6.54 Å². The van der Waals surface area contributed by atoms with Crippen molar-refractivity contribution in [3.63, 3.8) is 0 Å². The molecule has 1 amide bonds. The van der Waals surface area contributed by atoms with Crippen molar-refractivity contribution in [1.82, 2.24) is 4.90 Å². The molecule has 1 rings (SSSR count). The van der Waals surface area contributed by atoms with Gasteiger partial charge in [0.2, 0.25) is 5.91 Å². The van der Waals surface area contributed by atoms with Crippen molar-refractivity contribution >= 4 is 11.9 Å². The van der Waals surface area contributed by atoms with Gasteiger partial charge in [-0.1, -0.05) is 6.92 Å². The molecule has 4 heteroatoms. The van der Waals surface area contributed by atoms with E-state index >= 15 is 0 Å². The van der Waals surface area contributed by atoms with E-state index in [4.69, 9.17) is 5.11 Å². The molecule has 0 aromatic carbocycles. The molecule has 4 nitrogen and oxygen atoms in total. The molecule has 1 heterocycles. The van der Waals surface area contributed by atoms with Gasteiger partial charge in [-0.25, -0.2) is 0 Å². The van der Waals surface area contributed by atoms with Gasteiger partial charge in [0.15, 0.2) is 0 Å². The van der Waals surface area contributed by atoms with Crippen LogP contribution in [0.2, 0.25) is 0 Å². The fourth-order valence-corrected chi connectivity index (χ4v) is 2.01. The van der Waals surface area contributed by atoms with E-state index in [0.717, 1.165) is 6.42 Å². The Morgan fingerprint density at radius 3 is 2.62 bits per heavy atom. The number of nitrogens with zero attached hydrogens (tertiary/aromatic N) is 1. The Balaban J connectivity index is 2.81. The summed E-state index contributed by atoms with van der Waals surface area (Å²) in [5.74, 6) is -1.38. The van der Waals surface area contributed by atoms with Gasteiger partial charge in [-0.3, -0.25) is 9.59 Å². The third-order valence-electron chi connectivity index (χ3n) is 2.66. The van der Waals surface area contributed by atoms with Crippen molar-refractivity contribution in [3.8, 4) is 0 Å². The summed E-state index contributed by atoms with van der Waals surface area (Å²) in [5, 5.41) is 8.87. The van der Waals surface area contributed by atoms with Gasteiger partial charge in [0, 0.05) is 19.0 Å². The Hall–Kier alpha value is -1.06. The van der Waals surface area contributed by atoms with Crippen LogP contribution in [0.25, 0.3) is 0 Å². The van der Waals surface area contributed by atoms with Crippen LogP contribution in [0.15, 0.2) is 0 Å². The summed E-state index contributed by atoms with van der Waals surface area (Å²) >= 11 is 0. The lowest BCUT2D eigenvalue weighted by Gasteiger charge is -2.23. The summed E-state index contributed by atoms with van der Waals surface area (Å²) in [6.45, 7) is 4.41. The minimum atomic E-state index is -0.851. The lowest BCUT2D eigenvalue weighted by atomic mass is 9.98. The summed E-state index contributed by atoms with van der Waals surface area (Å²) in [4.78, 5) is 23.8. The molecule has 1 N–H and O–H groups in total. The van der Waals surface area contributed by atoms with Crippen LogP contribution in [0.4, 0.5) is 0 Å². The van der Waals surface area contributed by atoms with Crippen LogP contribution in [0.1, 0.15) is 26.7 Å². The monoisotopic (exact) mass is 185 g/mol. The van der Waals surface area contributed by atoms with E-state index in [-0.39, 0.29) is 18.4 Å². The molecule has 0 aromatic rings. The van der Waals surface area contributed by atoms with Crippen molar-refractivity contribution in [3.05, 3.63) is 0 Å². The highest BCUT2D eigenvalue weighted by molar-refractivity contribution is 5.86. The van der Waals surface area contributed by atoms with Crippen LogP contribution in [-0.2, 0) is 9.59 Å². The first kappa shape index (κ1) is 10.0. The van der Waals surface area contributed by atoms with Crippen molar-refractivity contribution < 1.29 is 14.7 Å². The Morgan fingerprint density at radius 1 is 1.62 bits per heavy atom. The average Bonchev–Trinajstić information content (AvgIpc) is 2.41. The molecule has 2 atom stereocenters. The summed E-state index contributed by atoms with van der Waals surface area (Å²) in [6.07, 6.45) is 0.887. The van der Waals surface area contributed by atoms with E-state index in [1.807, 2.05) is 13.8 Å². The van der Waals surface area contributed by atoms with Crippen molar-refractivity contribution in [2.24, 2.45) is 5.92 Å². The zero-order chi connectivity index (χ0) is 10.0. The number of hydrogen-bond acceptors (Lipinski definition) is 2. The third kappa shape index (κ3) is 1.66. The number of carbonyl (C=O) groups is 2. The van der Waals surface area contributed by atoms with Gasteiger partial charge in [0.25, 0.3) is 0 Å². The molecule has 0 saturated carbocycles. The molecule has 0 aromatic heterocycles. The normalized spacial score (nSPS) is 28.2. The molecule has 1 saturated heterocycles. The molecule has 0 unspecified atom stereocenters. The second-order valence-corrected chi connectivity index (χ2v) is 3.30. The van der Waals surface area contributed by atoms with Crippen molar-refractivity contribution in [1.29, 1.82) is 0 Å². The number of hydrogen-bond donors (Lipinski definition) is 1. The maximum Gasteiger partial charge on any atom is 0.309 e. The summed E-state index contributed by atoms with van der Waals surface area (Å²) in [5.41, 5.74) is 0. The fourth-order valence-electron chi connectivity index (χ4n) is 2.01. The van der Waals surface area contributed by atoms with Gasteiger partial charge in [0.05, 0.1) is 5.92 Å². The van der Waals surface area contributed by atoms with Crippen LogP contribution in [0.5, 0.6) is 0 Å². The topological polar surface area (TPSA) is 57.6 Å². The van der Waals surface area contributed by atoms with Gasteiger partial charge in [-0.15, -0.1) is 0 Å². The van der Waals surface area contributed by atoms with E-state index in [1.165, 1.54) is 0 Å². The number of carbonyl (C=O) groups excluding carboxylic acids is 1. The minimum absolute atomic E-state index is 0.0262. The summed E-state index contributed by atoms with van der Waals surface area (Å²) in [6, 6.07) is -0.102. The Bertz CT molecular complexity index is 227. The molecule has 0 bridgehead atoms. The smallest absolute Gasteiger partial charge is 0.309 e. The number of rotatable bonds is 3. The molecule has 0 spiro atoms. The predicted octanol–water partition coefficient (Wildman–Crippen LogP) is 0.718. The summed E-state index contributed by atoms with van der Waals surface area (Å²) in [7, 11) is 0. The highest BCUT2D eigenvalue weighted by Gasteiger charge is 2.41. The molecule has 1 fully saturated rings. The second-order valence-electron chi connectivity index (χ2n) is 3.30. The number of carboxylic acid groups (broad SMARTS) is 1. The standard InChI is InChI=1S/C9H15NO3/c1-3-7-6(9(12)13)5-8(11)10(7)4-2/h6-7H,3-5H2,1-2H3,(H,12,13)/t6-,7-/m0/s1. The largest absolute Gasteiger partial charge is 0.481 e. The third-order valence-corrected chi connectivity index (χ3v) is 2.66. The average molecular weight is 185 g/mol. The molecule has 0 radical (unpaired) electrons. The lowest BCUT2D eigenvalue weighted by molar-refractivity contribution is -0.142. The van der Waals surface area contributed by atoms with Crippen LogP contribution in [-0.4, -0.2) is 34.5 Å². The number of aliphatic carboxylic acids is 1. The van der Waals surface area contributed by atoms with Gasteiger partial charge in [-0.2, -0.15) is 0 Å². The number of amides is 1. The first-order valence-electron chi connectivity index (χ1n) is 4.64. The Morgan fingerprint density at radius 2 is 2.23 bits per heavy atom. The zero-order valence-electron chi connectivity index (χ0n) is 7.99. The SMILES string of the molecule is CC[C@H]1[C@@H](C(=O)O)CC(=O)N1CC. The molecular weight excluding hydrogens is 170 g/mol. The molecule has 13 heavy (non-hydrogen) atoms. The van der Waals surface area contributed by atoms with E-state index in [1.54, 1.807) is 4.90 Å². The van der Waals surface area contributed by atoms with E-state index < -0.39 is 11.9 Å². The highest BCUT2D eigenvalue weighted by Crippen LogP contribution is 2.27. The van der Waals surface area contributed by atoms with Crippen molar-refractivity contribution in [2.45, 2.75) is 32.7 Å². The first-order valence-corrected chi connectivity index (χ1v) is 4.64. The minimum Gasteiger partial charge on any atom is -0.481 e. The molecule has 1 aliphatic heterocycles. The summed E-state index contributed by atoms with van der Waals surface area (Å²) < 4.78 is 0. The molecule has 0 aliphatic carbocycles. The maximum atomic E-state index is 11.4. The number of carboxylic acids is 1. The van der Waals surface area contributed by atoms with E-state index in [9.17, 15) is 9.59 Å². The quantitative estimate of drug-likeness (QED) is 0.704. The predicted molar refractivity (Wildman–Crippen MR) is 47.2 cm³/mol. The van der Waals surface area contributed by atoms with Crippen LogP contribution < -0.4 is 0 Å². The lowest BCUT2D eigenvalue weighted by Crippen LogP contribution is -2.36. The Labute approximate surface area is 77.5 Å². The molecule has 74 valence electrons. The van der Waals surface area contributed by atoms with Crippen LogP contribution in [0.3, 0.4) is 0 Å². The Kier molecular flexibility index (Phi) is 2.90. The maximum absolute atomic E-state index is 11.4. The first-order chi connectivity index (χ1) is 6.11. The highest BCUT2D eigenvalue weighted by atomic mass is 16.4.